The Hall–Kier alpha value is -0.950. The van der Waals surface area contributed by atoms with Crippen LogP contribution in [0.2, 0.25) is 0 Å². The van der Waals surface area contributed by atoms with Crippen molar-refractivity contribution in [2.45, 2.75) is 44.7 Å². The highest BCUT2D eigenvalue weighted by Crippen LogP contribution is 2.24. The van der Waals surface area contributed by atoms with Gasteiger partial charge in [0.05, 0.1) is 18.1 Å². The lowest BCUT2D eigenvalue weighted by atomic mass is 10.1. The van der Waals surface area contributed by atoms with Gasteiger partial charge in [0.2, 0.25) is 10.0 Å². The van der Waals surface area contributed by atoms with Crippen LogP contribution in [0.3, 0.4) is 0 Å². The third-order valence-corrected chi connectivity index (χ3v) is 5.91. The number of nitrogens with zero attached hydrogens (tertiary/aromatic N) is 1. The van der Waals surface area contributed by atoms with Crippen molar-refractivity contribution < 1.29 is 18.3 Å². The van der Waals surface area contributed by atoms with Crippen molar-refractivity contribution in [1.29, 1.82) is 0 Å². The molecule has 1 N–H and O–H groups in total. The molecule has 6 heteroatoms. The molecule has 21 heavy (non-hydrogen) atoms. The van der Waals surface area contributed by atoms with Gasteiger partial charge in [-0.05, 0) is 37.5 Å². The summed E-state index contributed by atoms with van der Waals surface area (Å²) in [6.07, 6.45) is 0.724. The van der Waals surface area contributed by atoms with Gasteiger partial charge in [0.1, 0.15) is 0 Å². The van der Waals surface area contributed by atoms with Crippen LogP contribution < -0.4 is 0 Å². The van der Waals surface area contributed by atoms with Crippen molar-refractivity contribution in [3.8, 4) is 0 Å². The van der Waals surface area contributed by atoms with E-state index in [4.69, 9.17) is 4.74 Å². The van der Waals surface area contributed by atoms with E-state index >= 15 is 0 Å². The molecule has 0 spiro atoms. The van der Waals surface area contributed by atoms with E-state index < -0.39 is 10.0 Å². The van der Waals surface area contributed by atoms with Crippen molar-refractivity contribution in [3.63, 3.8) is 0 Å². The molecule has 1 aromatic carbocycles. The standard InChI is InChI=1S/C15H25NO4S/c1-5-12(2)16(9-10-20-4)21(18,19)15-8-6-7-14(11-17)13(15)3/h6-8,12,17H,5,9-11H2,1-4H3. The summed E-state index contributed by atoms with van der Waals surface area (Å²) in [5.41, 5.74) is 1.23. The molecule has 0 amide bonds. The maximum absolute atomic E-state index is 12.9. The van der Waals surface area contributed by atoms with Gasteiger partial charge in [-0.3, -0.25) is 0 Å². The highest BCUT2D eigenvalue weighted by Gasteiger charge is 2.29. The molecule has 1 aromatic rings. The van der Waals surface area contributed by atoms with Crippen LogP contribution in [0.4, 0.5) is 0 Å². The molecule has 0 fully saturated rings. The van der Waals surface area contributed by atoms with E-state index in [1.165, 1.54) is 4.31 Å². The molecule has 0 saturated heterocycles. The summed E-state index contributed by atoms with van der Waals surface area (Å²) in [7, 11) is -2.05. The fourth-order valence-electron chi connectivity index (χ4n) is 2.20. The van der Waals surface area contributed by atoms with Gasteiger partial charge < -0.3 is 9.84 Å². The largest absolute Gasteiger partial charge is 0.392 e. The number of methoxy groups -OCH3 is 1. The number of aliphatic hydroxyl groups excluding tert-OH is 1. The fraction of sp³-hybridized carbons (Fsp3) is 0.600. The Morgan fingerprint density at radius 3 is 2.57 bits per heavy atom. The Morgan fingerprint density at radius 1 is 1.38 bits per heavy atom. The van der Waals surface area contributed by atoms with Crippen LogP contribution >= 0.6 is 0 Å². The average molecular weight is 315 g/mol. The van der Waals surface area contributed by atoms with Gasteiger partial charge in [-0.15, -0.1) is 0 Å². The molecule has 0 aliphatic heterocycles. The maximum atomic E-state index is 12.9. The SMILES string of the molecule is CCC(C)N(CCOC)S(=O)(=O)c1cccc(CO)c1C. The van der Waals surface area contributed by atoms with E-state index in [2.05, 4.69) is 0 Å². The number of rotatable bonds is 8. The van der Waals surface area contributed by atoms with E-state index in [0.717, 1.165) is 6.42 Å². The summed E-state index contributed by atoms with van der Waals surface area (Å²) >= 11 is 0. The first-order chi connectivity index (χ1) is 9.89. The first kappa shape index (κ1) is 18.1. The molecular weight excluding hydrogens is 290 g/mol. The van der Waals surface area contributed by atoms with Gasteiger partial charge in [0, 0.05) is 19.7 Å². The molecule has 120 valence electrons. The van der Waals surface area contributed by atoms with Crippen LogP contribution in [0.25, 0.3) is 0 Å². The summed E-state index contributed by atoms with van der Waals surface area (Å²) in [6, 6.07) is 4.88. The second-order valence-corrected chi connectivity index (χ2v) is 6.92. The minimum atomic E-state index is -3.61. The van der Waals surface area contributed by atoms with Crippen molar-refractivity contribution >= 4 is 10.0 Å². The summed E-state index contributed by atoms with van der Waals surface area (Å²) in [6.45, 7) is 6.06. The zero-order valence-electron chi connectivity index (χ0n) is 13.2. The second kappa shape index (κ2) is 7.89. The number of benzene rings is 1. The Balaban J connectivity index is 3.28. The summed E-state index contributed by atoms with van der Waals surface area (Å²) < 4.78 is 32.3. The lowest BCUT2D eigenvalue weighted by molar-refractivity contribution is 0.167. The van der Waals surface area contributed by atoms with Gasteiger partial charge in [-0.25, -0.2) is 8.42 Å². The van der Waals surface area contributed by atoms with E-state index in [0.29, 0.717) is 24.3 Å². The molecule has 0 aliphatic carbocycles. The molecular formula is C15H25NO4S. The monoisotopic (exact) mass is 315 g/mol. The van der Waals surface area contributed by atoms with Crippen LogP contribution in [-0.2, 0) is 21.4 Å². The molecule has 1 rings (SSSR count). The molecule has 0 aromatic heterocycles. The van der Waals surface area contributed by atoms with Crippen LogP contribution in [0.5, 0.6) is 0 Å². The number of hydrogen-bond acceptors (Lipinski definition) is 4. The van der Waals surface area contributed by atoms with E-state index in [-0.39, 0.29) is 17.5 Å². The Morgan fingerprint density at radius 2 is 2.05 bits per heavy atom. The topological polar surface area (TPSA) is 66.8 Å². The molecule has 5 nitrogen and oxygen atoms in total. The van der Waals surface area contributed by atoms with Crippen LogP contribution in [0, 0.1) is 6.92 Å². The lowest BCUT2D eigenvalue weighted by Crippen LogP contribution is -2.40. The van der Waals surface area contributed by atoms with Crippen LogP contribution in [-0.4, -0.2) is 44.1 Å². The highest BCUT2D eigenvalue weighted by molar-refractivity contribution is 7.89. The summed E-state index contributed by atoms with van der Waals surface area (Å²) in [5.74, 6) is 0. The van der Waals surface area contributed by atoms with E-state index in [1.54, 1.807) is 32.2 Å². The third-order valence-electron chi connectivity index (χ3n) is 3.75. The van der Waals surface area contributed by atoms with Gasteiger partial charge in [0.25, 0.3) is 0 Å². The Bertz CT molecular complexity index is 557. The zero-order valence-corrected chi connectivity index (χ0v) is 14.0. The Labute approximate surface area is 127 Å². The smallest absolute Gasteiger partial charge is 0.243 e. The van der Waals surface area contributed by atoms with Gasteiger partial charge >= 0.3 is 0 Å². The Kier molecular flexibility index (Phi) is 6.80. The quantitative estimate of drug-likeness (QED) is 0.796. The lowest BCUT2D eigenvalue weighted by Gasteiger charge is -2.28. The van der Waals surface area contributed by atoms with Crippen molar-refractivity contribution in [3.05, 3.63) is 29.3 Å². The van der Waals surface area contributed by atoms with Crippen LogP contribution in [0.15, 0.2) is 23.1 Å². The predicted octanol–water partition coefficient (Wildman–Crippen LogP) is 1.92. The zero-order chi connectivity index (χ0) is 16.0. The number of aliphatic hydroxyl groups is 1. The van der Waals surface area contributed by atoms with Gasteiger partial charge in [-0.1, -0.05) is 19.1 Å². The van der Waals surface area contributed by atoms with Gasteiger partial charge in [0.15, 0.2) is 0 Å². The number of hydrogen-bond donors (Lipinski definition) is 1. The van der Waals surface area contributed by atoms with Crippen molar-refractivity contribution in [2.24, 2.45) is 0 Å². The maximum Gasteiger partial charge on any atom is 0.243 e. The van der Waals surface area contributed by atoms with Gasteiger partial charge in [-0.2, -0.15) is 4.31 Å². The predicted molar refractivity (Wildman–Crippen MR) is 82.6 cm³/mol. The first-order valence-corrected chi connectivity index (χ1v) is 8.54. The fourth-order valence-corrected chi connectivity index (χ4v) is 4.16. The van der Waals surface area contributed by atoms with E-state index in [9.17, 15) is 13.5 Å². The molecule has 0 heterocycles. The second-order valence-electron chi connectivity index (χ2n) is 5.06. The summed E-state index contributed by atoms with van der Waals surface area (Å²) in [4.78, 5) is 0.255. The molecule has 0 bridgehead atoms. The molecule has 0 saturated carbocycles. The summed E-state index contributed by atoms with van der Waals surface area (Å²) in [5, 5.41) is 9.32. The minimum absolute atomic E-state index is 0.109. The molecule has 0 aliphatic rings. The highest BCUT2D eigenvalue weighted by atomic mass is 32.2. The first-order valence-electron chi connectivity index (χ1n) is 7.10. The van der Waals surface area contributed by atoms with E-state index in [1.807, 2.05) is 13.8 Å². The third kappa shape index (κ3) is 4.03. The molecule has 0 radical (unpaired) electrons. The van der Waals surface area contributed by atoms with Crippen molar-refractivity contribution in [2.75, 3.05) is 20.3 Å². The normalized spacial score (nSPS) is 13.6. The number of ether oxygens (including phenoxy) is 1. The van der Waals surface area contributed by atoms with Crippen molar-refractivity contribution in [1.82, 2.24) is 4.31 Å². The molecule has 1 atom stereocenters. The van der Waals surface area contributed by atoms with Crippen LogP contribution in [0.1, 0.15) is 31.4 Å². The molecule has 1 unspecified atom stereocenters. The average Bonchev–Trinajstić information content (AvgIpc) is 2.47. The minimum Gasteiger partial charge on any atom is -0.392 e. The number of sulfonamides is 1.